The Hall–Kier alpha value is -3.22. The number of benzene rings is 2. The maximum Gasteiger partial charge on any atom is 0.407 e. The highest BCUT2D eigenvalue weighted by Crippen LogP contribution is 2.44. The third-order valence-electron chi connectivity index (χ3n) is 9.68. The van der Waals surface area contributed by atoms with Crippen molar-refractivity contribution in [2.24, 2.45) is 0 Å². The van der Waals surface area contributed by atoms with E-state index in [1.54, 1.807) is 0 Å². The van der Waals surface area contributed by atoms with Crippen LogP contribution in [0.1, 0.15) is 75.3 Å². The van der Waals surface area contributed by atoms with E-state index in [0.717, 1.165) is 12.8 Å². The first kappa shape index (κ1) is 53.1. The predicted octanol–water partition coefficient (Wildman–Crippen LogP) is 6.38. The molecule has 1 aliphatic rings. The summed E-state index contributed by atoms with van der Waals surface area (Å²) >= 11 is 0. The van der Waals surface area contributed by atoms with Gasteiger partial charge in [-0.15, -0.1) is 0 Å². The molecule has 1 N–H and O–H groups in total. The van der Waals surface area contributed by atoms with Gasteiger partial charge in [0, 0.05) is 18.9 Å². The molecule has 352 valence electrons. The molecule has 1 amide bonds. The molecule has 0 saturated carbocycles. The molecular weight excluding hydrogens is 803 g/mol. The van der Waals surface area contributed by atoms with Crippen LogP contribution in [0.15, 0.2) is 48.5 Å². The zero-order valence-electron chi connectivity index (χ0n) is 37.3. The van der Waals surface area contributed by atoms with Gasteiger partial charge in [-0.1, -0.05) is 94.0 Å². The van der Waals surface area contributed by atoms with Crippen molar-refractivity contribution in [3.05, 3.63) is 59.7 Å². The van der Waals surface area contributed by atoms with Gasteiger partial charge in [0.1, 0.15) is 13.2 Å². The van der Waals surface area contributed by atoms with Crippen molar-refractivity contribution in [1.82, 2.24) is 5.32 Å². The molecule has 0 aliphatic heterocycles. The molecule has 15 nitrogen and oxygen atoms in total. The van der Waals surface area contributed by atoms with Crippen molar-refractivity contribution >= 4 is 12.1 Å². The van der Waals surface area contributed by atoms with Crippen LogP contribution in [0.2, 0.25) is 0 Å². The lowest BCUT2D eigenvalue weighted by Crippen LogP contribution is -2.29. The normalized spacial score (nSPS) is 12.1. The molecule has 0 spiro atoms. The van der Waals surface area contributed by atoms with Gasteiger partial charge in [0.2, 0.25) is 0 Å². The lowest BCUT2D eigenvalue weighted by atomic mass is 9.98. The predicted molar refractivity (Wildman–Crippen MR) is 235 cm³/mol. The molecule has 62 heavy (non-hydrogen) atoms. The van der Waals surface area contributed by atoms with E-state index in [1.165, 1.54) is 54.4 Å². The first-order valence-corrected chi connectivity index (χ1v) is 22.7. The quantitative estimate of drug-likeness (QED) is 0.0579. The largest absolute Gasteiger partial charge is 0.463 e. The Morgan fingerprint density at radius 1 is 0.435 bits per heavy atom. The zero-order chi connectivity index (χ0) is 43.8. The Morgan fingerprint density at radius 3 is 1.21 bits per heavy atom. The van der Waals surface area contributed by atoms with Gasteiger partial charge in [-0.05, 0) is 28.7 Å². The summed E-state index contributed by atoms with van der Waals surface area (Å²) in [5.41, 5.74) is 4.76. The van der Waals surface area contributed by atoms with Gasteiger partial charge in [-0.3, -0.25) is 4.79 Å². The number of nitrogens with one attached hydrogen (secondary N) is 1. The Morgan fingerprint density at radius 2 is 0.790 bits per heavy atom. The highest BCUT2D eigenvalue weighted by atomic mass is 16.6. The summed E-state index contributed by atoms with van der Waals surface area (Å²) < 4.78 is 65.8. The zero-order valence-corrected chi connectivity index (χ0v) is 37.3. The Kier molecular flexibility index (Phi) is 32.8. The van der Waals surface area contributed by atoms with E-state index in [2.05, 4.69) is 36.5 Å². The molecule has 2 aromatic rings. The maximum atomic E-state index is 12.3. The molecule has 0 aromatic heterocycles. The summed E-state index contributed by atoms with van der Waals surface area (Å²) in [6, 6.07) is 16.5. The van der Waals surface area contributed by atoms with Gasteiger partial charge < -0.3 is 62.2 Å². The van der Waals surface area contributed by atoms with Crippen molar-refractivity contribution in [2.75, 3.05) is 152 Å². The second kappa shape index (κ2) is 38.3. The third kappa shape index (κ3) is 26.4. The van der Waals surface area contributed by atoms with Crippen LogP contribution in [0.5, 0.6) is 0 Å². The molecule has 3 rings (SSSR count). The van der Waals surface area contributed by atoms with Crippen LogP contribution in [0.4, 0.5) is 4.79 Å². The molecule has 0 saturated heterocycles. The van der Waals surface area contributed by atoms with E-state index in [9.17, 15) is 9.59 Å². The highest BCUT2D eigenvalue weighted by molar-refractivity contribution is 5.79. The van der Waals surface area contributed by atoms with Gasteiger partial charge in [-0.25, -0.2) is 4.79 Å². The lowest BCUT2D eigenvalue weighted by molar-refractivity contribution is -0.145. The monoisotopic (exact) mass is 878 g/mol. The number of hydrogen-bond donors (Lipinski definition) is 1. The van der Waals surface area contributed by atoms with E-state index in [-0.39, 0.29) is 25.1 Å². The van der Waals surface area contributed by atoms with Crippen LogP contribution in [0, 0.1) is 0 Å². The molecule has 0 atom stereocenters. The minimum absolute atomic E-state index is 0.0332. The first-order chi connectivity index (χ1) is 30.7. The molecular formula is C47H75NO14. The van der Waals surface area contributed by atoms with Crippen LogP contribution >= 0.6 is 0 Å². The number of alkyl carbamates (subject to hydrolysis) is 1. The number of carbonyl (C=O) groups is 2. The standard InChI is InChI=1S/C47H75NO14/c1-2-3-4-5-6-7-8-17-46(49)61-39-38-60-37-36-59-35-34-58-33-32-57-31-30-56-29-28-55-27-26-54-25-24-53-23-22-52-21-20-51-19-18-48-47(50)62-40-45-43-15-11-9-13-41(43)42-14-10-12-16-44(42)45/h9-16,45H,2-8,17-40H2,1H3,(H,48,50). The second-order valence-corrected chi connectivity index (χ2v) is 14.5. The number of esters is 1. The Balaban J connectivity index is 0.922. The third-order valence-corrected chi connectivity index (χ3v) is 9.68. The molecule has 1 aliphatic carbocycles. The molecule has 2 aromatic carbocycles. The number of fused-ring (bicyclic) bond motifs is 3. The van der Waals surface area contributed by atoms with E-state index in [0.29, 0.717) is 145 Å². The lowest BCUT2D eigenvalue weighted by Gasteiger charge is -2.14. The number of ether oxygens (including phenoxy) is 12. The molecule has 15 heteroatoms. The van der Waals surface area contributed by atoms with Gasteiger partial charge >= 0.3 is 12.1 Å². The fraction of sp³-hybridized carbons (Fsp3) is 0.702. The number of hydrogen-bond acceptors (Lipinski definition) is 14. The summed E-state index contributed by atoms with van der Waals surface area (Å²) in [5, 5.41) is 2.74. The average molecular weight is 878 g/mol. The van der Waals surface area contributed by atoms with Crippen molar-refractivity contribution < 1.29 is 66.4 Å². The van der Waals surface area contributed by atoms with Crippen molar-refractivity contribution in [3.63, 3.8) is 0 Å². The second-order valence-electron chi connectivity index (χ2n) is 14.5. The van der Waals surface area contributed by atoms with Crippen LogP contribution in [-0.4, -0.2) is 164 Å². The van der Waals surface area contributed by atoms with Crippen molar-refractivity contribution in [2.45, 2.75) is 64.2 Å². The Bertz CT molecular complexity index is 1340. The fourth-order valence-corrected chi connectivity index (χ4v) is 6.47. The first-order valence-electron chi connectivity index (χ1n) is 22.7. The van der Waals surface area contributed by atoms with E-state index >= 15 is 0 Å². The minimum atomic E-state index is -0.455. The Labute approximate surface area is 369 Å². The highest BCUT2D eigenvalue weighted by Gasteiger charge is 2.29. The summed E-state index contributed by atoms with van der Waals surface area (Å²) in [4.78, 5) is 24.0. The molecule has 0 unspecified atom stereocenters. The molecule has 0 radical (unpaired) electrons. The fourth-order valence-electron chi connectivity index (χ4n) is 6.47. The summed E-state index contributed by atoms with van der Waals surface area (Å²) in [6.07, 6.45) is 8.30. The summed E-state index contributed by atoms with van der Waals surface area (Å²) in [6.45, 7) is 12.3. The number of rotatable bonds is 43. The van der Waals surface area contributed by atoms with Crippen LogP contribution in [-0.2, 0) is 61.6 Å². The summed E-state index contributed by atoms with van der Waals surface area (Å²) in [7, 11) is 0. The van der Waals surface area contributed by atoms with Gasteiger partial charge in [0.25, 0.3) is 0 Å². The van der Waals surface area contributed by atoms with E-state index in [4.69, 9.17) is 56.8 Å². The number of unbranched alkanes of at least 4 members (excludes halogenated alkanes) is 6. The number of amides is 1. The smallest absolute Gasteiger partial charge is 0.407 e. The van der Waals surface area contributed by atoms with Crippen molar-refractivity contribution in [3.8, 4) is 11.1 Å². The topological polar surface area (TPSA) is 157 Å². The molecule has 0 heterocycles. The van der Waals surface area contributed by atoms with Gasteiger partial charge in [-0.2, -0.15) is 0 Å². The molecule has 0 fully saturated rings. The van der Waals surface area contributed by atoms with Crippen LogP contribution < -0.4 is 5.32 Å². The average Bonchev–Trinajstić information content (AvgIpc) is 3.61. The summed E-state index contributed by atoms with van der Waals surface area (Å²) in [5.74, 6) is -0.112. The van der Waals surface area contributed by atoms with Crippen LogP contribution in [0.25, 0.3) is 11.1 Å². The van der Waals surface area contributed by atoms with Crippen LogP contribution in [0.3, 0.4) is 0 Å². The minimum Gasteiger partial charge on any atom is -0.463 e. The van der Waals surface area contributed by atoms with Gasteiger partial charge in [0.15, 0.2) is 0 Å². The van der Waals surface area contributed by atoms with Gasteiger partial charge in [0.05, 0.1) is 132 Å². The van der Waals surface area contributed by atoms with E-state index < -0.39 is 6.09 Å². The molecule has 0 bridgehead atoms. The number of carbonyl (C=O) groups excluding carboxylic acids is 2. The SMILES string of the molecule is CCCCCCCCCC(=O)OCCOCCOCCOCCOCCOCCOCCOCCOCCOCCOCCNC(=O)OCC1c2ccccc2-c2ccccc21. The van der Waals surface area contributed by atoms with E-state index in [1.807, 2.05) is 24.3 Å². The van der Waals surface area contributed by atoms with Crippen molar-refractivity contribution in [1.29, 1.82) is 0 Å². The maximum absolute atomic E-state index is 12.3.